The van der Waals surface area contributed by atoms with Gasteiger partial charge < -0.3 is 9.47 Å². The second-order valence-electron chi connectivity index (χ2n) is 4.75. The Labute approximate surface area is 96.6 Å². The molecule has 1 aromatic rings. The minimum Gasteiger partial charge on any atom is -0.378 e. The van der Waals surface area contributed by atoms with Crippen molar-refractivity contribution in [1.82, 2.24) is 0 Å². The fourth-order valence-electron chi connectivity index (χ4n) is 2.90. The smallest absolute Gasteiger partial charge is 0.0669 e. The third-order valence-corrected chi connectivity index (χ3v) is 3.75. The molecule has 2 aliphatic heterocycles. The van der Waals surface area contributed by atoms with Gasteiger partial charge >= 0.3 is 0 Å². The van der Waals surface area contributed by atoms with Crippen molar-refractivity contribution in [3.8, 4) is 0 Å². The van der Waals surface area contributed by atoms with Crippen LogP contribution in [0.1, 0.15) is 18.4 Å². The quantitative estimate of drug-likeness (QED) is 0.759. The maximum Gasteiger partial charge on any atom is 0.0669 e. The van der Waals surface area contributed by atoms with Gasteiger partial charge in [0.25, 0.3) is 0 Å². The van der Waals surface area contributed by atoms with E-state index in [-0.39, 0.29) is 0 Å². The van der Waals surface area contributed by atoms with Crippen molar-refractivity contribution in [2.45, 2.75) is 31.5 Å². The summed E-state index contributed by atoms with van der Waals surface area (Å²) in [6.07, 6.45) is 4.11. The van der Waals surface area contributed by atoms with E-state index in [0.717, 1.165) is 26.1 Å². The van der Waals surface area contributed by atoms with E-state index in [9.17, 15) is 0 Å². The van der Waals surface area contributed by atoms with E-state index in [2.05, 4.69) is 30.3 Å². The van der Waals surface area contributed by atoms with Crippen LogP contribution < -0.4 is 0 Å². The Hall–Kier alpha value is -0.860. The maximum absolute atomic E-state index is 5.92. The summed E-state index contributed by atoms with van der Waals surface area (Å²) >= 11 is 0. The van der Waals surface area contributed by atoms with Crippen LogP contribution in [0, 0.1) is 5.92 Å². The Kier molecular flexibility index (Phi) is 2.94. The number of hydrogen-bond acceptors (Lipinski definition) is 2. The summed E-state index contributed by atoms with van der Waals surface area (Å²) in [6, 6.07) is 10.6. The molecule has 0 saturated carbocycles. The molecule has 0 spiro atoms. The molecule has 0 radical (unpaired) electrons. The number of ether oxygens (including phenoxy) is 2. The molecule has 2 heterocycles. The van der Waals surface area contributed by atoms with Crippen molar-refractivity contribution in [1.29, 1.82) is 0 Å². The second kappa shape index (κ2) is 4.56. The number of rotatable bonds is 2. The third kappa shape index (κ3) is 2.00. The lowest BCUT2D eigenvalue weighted by atomic mass is 9.87. The number of benzene rings is 1. The van der Waals surface area contributed by atoms with E-state index in [4.69, 9.17) is 9.47 Å². The molecule has 2 saturated heterocycles. The first-order valence-electron chi connectivity index (χ1n) is 6.20. The van der Waals surface area contributed by atoms with E-state index < -0.39 is 0 Å². The summed E-state index contributed by atoms with van der Waals surface area (Å²) < 4.78 is 11.7. The van der Waals surface area contributed by atoms with Crippen LogP contribution in [0.4, 0.5) is 0 Å². The minimum atomic E-state index is 0.364. The molecular weight excluding hydrogens is 200 g/mol. The molecule has 3 rings (SSSR count). The molecule has 0 bridgehead atoms. The van der Waals surface area contributed by atoms with E-state index >= 15 is 0 Å². The molecule has 0 amide bonds. The first-order chi connectivity index (χ1) is 7.93. The fourth-order valence-corrected chi connectivity index (χ4v) is 2.90. The van der Waals surface area contributed by atoms with E-state index in [1.54, 1.807) is 0 Å². The minimum absolute atomic E-state index is 0.364. The van der Waals surface area contributed by atoms with Gasteiger partial charge in [-0.3, -0.25) is 0 Å². The predicted octanol–water partition coefficient (Wildman–Crippen LogP) is 2.42. The largest absolute Gasteiger partial charge is 0.378 e. The van der Waals surface area contributed by atoms with Crippen molar-refractivity contribution >= 4 is 0 Å². The number of hydrogen-bond donors (Lipinski definition) is 0. The Morgan fingerprint density at radius 3 is 2.69 bits per heavy atom. The van der Waals surface area contributed by atoms with Gasteiger partial charge in [-0.15, -0.1) is 0 Å². The monoisotopic (exact) mass is 218 g/mol. The summed E-state index contributed by atoms with van der Waals surface area (Å²) in [4.78, 5) is 0. The first kappa shape index (κ1) is 10.3. The second-order valence-corrected chi connectivity index (χ2v) is 4.75. The van der Waals surface area contributed by atoms with E-state index in [1.807, 2.05) is 0 Å². The van der Waals surface area contributed by atoms with Crippen molar-refractivity contribution < 1.29 is 9.47 Å². The van der Waals surface area contributed by atoms with Crippen LogP contribution in [-0.4, -0.2) is 25.4 Å². The van der Waals surface area contributed by atoms with Gasteiger partial charge in [0.15, 0.2) is 0 Å². The molecule has 16 heavy (non-hydrogen) atoms. The van der Waals surface area contributed by atoms with Crippen LogP contribution in [0.2, 0.25) is 0 Å². The zero-order valence-electron chi connectivity index (χ0n) is 9.47. The van der Waals surface area contributed by atoms with Crippen molar-refractivity contribution in [2.75, 3.05) is 13.2 Å². The highest BCUT2D eigenvalue weighted by Crippen LogP contribution is 2.33. The molecule has 3 atom stereocenters. The molecule has 0 aliphatic carbocycles. The normalized spacial score (nSPS) is 33.6. The summed E-state index contributed by atoms with van der Waals surface area (Å²) in [6.45, 7) is 1.78. The molecule has 0 unspecified atom stereocenters. The molecule has 2 aliphatic rings. The molecule has 2 heteroatoms. The molecule has 0 N–H and O–H groups in total. The van der Waals surface area contributed by atoms with Crippen molar-refractivity contribution in [2.24, 2.45) is 5.92 Å². The maximum atomic E-state index is 5.92. The summed E-state index contributed by atoms with van der Waals surface area (Å²) in [7, 11) is 0. The SMILES string of the molecule is c1ccc(C[C@@H]2OCC[C@@H]3OCC[C@@H]32)cc1. The average molecular weight is 218 g/mol. The standard InChI is InChI=1S/C14H18O2/c1-2-4-11(5-3-1)10-14-12-6-8-15-13(12)7-9-16-14/h1-5,12-14H,6-10H2/t12-,13-,14-/m0/s1. The van der Waals surface area contributed by atoms with E-state index in [0.29, 0.717) is 18.1 Å². The van der Waals surface area contributed by atoms with Crippen LogP contribution >= 0.6 is 0 Å². The van der Waals surface area contributed by atoms with Crippen LogP contribution in [0.5, 0.6) is 0 Å². The van der Waals surface area contributed by atoms with E-state index in [1.165, 1.54) is 12.0 Å². The van der Waals surface area contributed by atoms with Gasteiger partial charge in [0.05, 0.1) is 12.2 Å². The van der Waals surface area contributed by atoms with Gasteiger partial charge in [0.1, 0.15) is 0 Å². The zero-order valence-corrected chi connectivity index (χ0v) is 9.47. The van der Waals surface area contributed by atoms with Crippen LogP contribution in [-0.2, 0) is 15.9 Å². The topological polar surface area (TPSA) is 18.5 Å². The lowest BCUT2D eigenvalue weighted by molar-refractivity contribution is -0.0731. The van der Waals surface area contributed by atoms with Gasteiger partial charge in [-0.25, -0.2) is 0 Å². The Bertz CT molecular complexity index is 336. The molecule has 86 valence electrons. The highest BCUT2D eigenvalue weighted by molar-refractivity contribution is 5.16. The Morgan fingerprint density at radius 2 is 1.81 bits per heavy atom. The summed E-state index contributed by atoms with van der Waals surface area (Å²) in [5.41, 5.74) is 1.38. The predicted molar refractivity (Wildman–Crippen MR) is 62.4 cm³/mol. The van der Waals surface area contributed by atoms with Gasteiger partial charge in [-0.05, 0) is 24.8 Å². The first-order valence-corrected chi connectivity index (χ1v) is 6.20. The van der Waals surface area contributed by atoms with Crippen LogP contribution in [0.25, 0.3) is 0 Å². The van der Waals surface area contributed by atoms with Crippen molar-refractivity contribution in [3.63, 3.8) is 0 Å². The van der Waals surface area contributed by atoms with Gasteiger partial charge in [0, 0.05) is 19.1 Å². The molecule has 1 aromatic carbocycles. The Morgan fingerprint density at radius 1 is 1.00 bits per heavy atom. The van der Waals surface area contributed by atoms with Crippen LogP contribution in [0.15, 0.2) is 30.3 Å². The Balaban J connectivity index is 1.70. The van der Waals surface area contributed by atoms with Crippen LogP contribution in [0.3, 0.4) is 0 Å². The highest BCUT2D eigenvalue weighted by atomic mass is 16.5. The third-order valence-electron chi connectivity index (χ3n) is 3.75. The molecule has 2 nitrogen and oxygen atoms in total. The van der Waals surface area contributed by atoms with Gasteiger partial charge in [-0.1, -0.05) is 30.3 Å². The number of fused-ring (bicyclic) bond motifs is 1. The average Bonchev–Trinajstić information content (AvgIpc) is 2.80. The lowest BCUT2D eigenvalue weighted by Crippen LogP contribution is -2.38. The zero-order chi connectivity index (χ0) is 10.8. The summed E-state index contributed by atoms with van der Waals surface area (Å²) in [5.74, 6) is 0.619. The van der Waals surface area contributed by atoms with Gasteiger partial charge in [0.2, 0.25) is 0 Å². The van der Waals surface area contributed by atoms with Gasteiger partial charge in [-0.2, -0.15) is 0 Å². The lowest BCUT2D eigenvalue weighted by Gasteiger charge is -2.33. The highest BCUT2D eigenvalue weighted by Gasteiger charge is 2.38. The fraction of sp³-hybridized carbons (Fsp3) is 0.571. The molecule has 0 aromatic heterocycles. The summed E-state index contributed by atoms with van der Waals surface area (Å²) in [5, 5.41) is 0. The molecule has 2 fully saturated rings. The molecular formula is C14H18O2. The van der Waals surface area contributed by atoms with Crippen molar-refractivity contribution in [3.05, 3.63) is 35.9 Å².